The molecule has 1 rings (SSSR count). The van der Waals surface area contributed by atoms with Crippen molar-refractivity contribution >= 4 is 11.9 Å². The molecule has 0 bridgehead atoms. The van der Waals surface area contributed by atoms with Crippen molar-refractivity contribution in [3.8, 4) is 0 Å². The molecule has 0 heterocycles. The van der Waals surface area contributed by atoms with Gasteiger partial charge < -0.3 is 10.1 Å². The maximum atomic E-state index is 11.9. The topological polar surface area (TPSA) is 55.4 Å². The molecule has 104 valence electrons. The summed E-state index contributed by atoms with van der Waals surface area (Å²) in [5.74, 6) is 0.619. The zero-order chi connectivity index (χ0) is 13.8. The minimum absolute atomic E-state index is 0.104. The molecule has 0 unspecified atom stereocenters. The van der Waals surface area contributed by atoms with Gasteiger partial charge in [0.25, 0.3) is 0 Å². The molecule has 0 aromatic heterocycles. The summed E-state index contributed by atoms with van der Waals surface area (Å²) in [6, 6.07) is -0.458. The lowest BCUT2D eigenvalue weighted by Gasteiger charge is -2.22. The first-order chi connectivity index (χ1) is 8.28. The van der Waals surface area contributed by atoms with E-state index in [1.165, 1.54) is 12.8 Å². The number of ketones is 1. The van der Waals surface area contributed by atoms with E-state index in [0.29, 0.717) is 12.3 Å². The van der Waals surface area contributed by atoms with Crippen LogP contribution in [0.1, 0.15) is 59.8 Å². The Morgan fingerprint density at radius 3 is 2.33 bits per heavy atom. The van der Waals surface area contributed by atoms with Crippen LogP contribution in [0.25, 0.3) is 0 Å². The van der Waals surface area contributed by atoms with Gasteiger partial charge in [-0.3, -0.25) is 4.79 Å². The van der Waals surface area contributed by atoms with Gasteiger partial charge in [-0.1, -0.05) is 25.7 Å². The van der Waals surface area contributed by atoms with E-state index in [2.05, 4.69) is 5.32 Å². The van der Waals surface area contributed by atoms with Gasteiger partial charge in [0.1, 0.15) is 5.60 Å². The number of carbonyl (C=O) groups excluding carboxylic acids is 2. The molecule has 0 aromatic carbocycles. The van der Waals surface area contributed by atoms with Gasteiger partial charge in [-0.05, 0) is 33.6 Å². The Labute approximate surface area is 109 Å². The molecule has 0 radical (unpaired) electrons. The number of hydrogen-bond acceptors (Lipinski definition) is 3. The number of carbonyl (C=O) groups is 2. The first-order valence-corrected chi connectivity index (χ1v) is 6.80. The highest BCUT2D eigenvalue weighted by molar-refractivity contribution is 5.87. The fraction of sp³-hybridized carbons (Fsp3) is 0.857. The van der Waals surface area contributed by atoms with Crippen molar-refractivity contribution in [2.75, 3.05) is 0 Å². The first-order valence-electron chi connectivity index (χ1n) is 6.80. The lowest BCUT2D eigenvalue weighted by atomic mass is 9.98. The number of amides is 1. The van der Waals surface area contributed by atoms with Gasteiger partial charge in [-0.15, -0.1) is 0 Å². The van der Waals surface area contributed by atoms with Crippen LogP contribution >= 0.6 is 0 Å². The highest BCUT2D eigenvalue weighted by Gasteiger charge is 2.24. The lowest BCUT2D eigenvalue weighted by Crippen LogP contribution is -2.42. The Bertz CT molecular complexity index is 301. The lowest BCUT2D eigenvalue weighted by molar-refractivity contribution is -0.121. The second-order valence-corrected chi connectivity index (χ2v) is 6.19. The number of nitrogens with one attached hydrogen (secondary N) is 1. The summed E-state index contributed by atoms with van der Waals surface area (Å²) in [5.41, 5.74) is -0.529. The van der Waals surface area contributed by atoms with Gasteiger partial charge in [-0.2, -0.15) is 0 Å². The summed E-state index contributed by atoms with van der Waals surface area (Å²) in [6.45, 7) is 7.13. The maximum absolute atomic E-state index is 11.9. The van der Waals surface area contributed by atoms with Crippen molar-refractivity contribution in [3.63, 3.8) is 0 Å². The Kier molecular flexibility index (Phi) is 5.17. The standard InChI is InChI=1S/C14H25NO3/c1-10(15-13(17)18-14(2,3)4)12(16)9-11-7-5-6-8-11/h10-11H,5-9H2,1-4H3,(H,15,17)/t10-/m1/s1. The zero-order valence-electron chi connectivity index (χ0n) is 11.9. The monoisotopic (exact) mass is 255 g/mol. The molecule has 1 N–H and O–H groups in total. The van der Waals surface area contributed by atoms with Gasteiger partial charge in [0.05, 0.1) is 6.04 Å². The van der Waals surface area contributed by atoms with Gasteiger partial charge in [0.2, 0.25) is 0 Å². The molecule has 1 fully saturated rings. The van der Waals surface area contributed by atoms with Crippen LogP contribution in [0.3, 0.4) is 0 Å². The minimum atomic E-state index is -0.529. The molecule has 1 saturated carbocycles. The molecule has 1 aliphatic carbocycles. The van der Waals surface area contributed by atoms with Crippen molar-refractivity contribution in [2.45, 2.75) is 71.4 Å². The summed E-state index contributed by atoms with van der Waals surface area (Å²) in [5, 5.41) is 2.60. The Hall–Kier alpha value is -1.06. The number of rotatable bonds is 4. The summed E-state index contributed by atoms with van der Waals surface area (Å²) in [4.78, 5) is 23.5. The minimum Gasteiger partial charge on any atom is -0.444 e. The van der Waals surface area contributed by atoms with E-state index >= 15 is 0 Å². The van der Waals surface area contributed by atoms with Crippen molar-refractivity contribution < 1.29 is 14.3 Å². The van der Waals surface area contributed by atoms with Crippen LogP contribution in [-0.4, -0.2) is 23.5 Å². The third-order valence-electron chi connectivity index (χ3n) is 3.18. The van der Waals surface area contributed by atoms with Crippen molar-refractivity contribution in [1.82, 2.24) is 5.32 Å². The predicted octanol–water partition coefficient (Wildman–Crippen LogP) is 3.05. The average Bonchev–Trinajstić information content (AvgIpc) is 2.66. The summed E-state index contributed by atoms with van der Waals surface area (Å²) >= 11 is 0. The van der Waals surface area contributed by atoms with Crippen molar-refractivity contribution in [2.24, 2.45) is 5.92 Å². The molecule has 4 nitrogen and oxygen atoms in total. The maximum Gasteiger partial charge on any atom is 0.408 e. The van der Waals surface area contributed by atoms with E-state index in [0.717, 1.165) is 12.8 Å². The smallest absolute Gasteiger partial charge is 0.408 e. The summed E-state index contributed by atoms with van der Waals surface area (Å²) in [7, 11) is 0. The summed E-state index contributed by atoms with van der Waals surface area (Å²) < 4.78 is 5.13. The fourth-order valence-corrected chi connectivity index (χ4v) is 2.24. The predicted molar refractivity (Wildman–Crippen MR) is 70.4 cm³/mol. The molecular weight excluding hydrogens is 230 g/mol. The second kappa shape index (κ2) is 6.21. The number of hydrogen-bond donors (Lipinski definition) is 1. The second-order valence-electron chi connectivity index (χ2n) is 6.19. The SMILES string of the molecule is C[C@@H](NC(=O)OC(C)(C)C)C(=O)CC1CCCC1. The third kappa shape index (κ3) is 5.52. The number of ether oxygens (including phenoxy) is 1. The molecule has 1 amide bonds. The van der Waals surface area contributed by atoms with Gasteiger partial charge >= 0.3 is 6.09 Å². The van der Waals surface area contributed by atoms with Crippen LogP contribution < -0.4 is 5.32 Å². The number of Topliss-reactive ketones (excluding diaryl/α,β-unsaturated/α-hetero) is 1. The van der Waals surface area contributed by atoms with Crippen LogP contribution in [0.4, 0.5) is 4.79 Å². The largest absolute Gasteiger partial charge is 0.444 e. The molecular formula is C14H25NO3. The van der Waals surface area contributed by atoms with Crippen LogP contribution in [0.2, 0.25) is 0 Å². The normalized spacial score (nSPS) is 18.4. The highest BCUT2D eigenvalue weighted by atomic mass is 16.6. The van der Waals surface area contributed by atoms with Crippen LogP contribution in [0.5, 0.6) is 0 Å². The molecule has 4 heteroatoms. The first kappa shape index (κ1) is 15.0. The van der Waals surface area contributed by atoms with Gasteiger partial charge in [0.15, 0.2) is 5.78 Å². The number of alkyl carbamates (subject to hydrolysis) is 1. The molecule has 0 aromatic rings. The fourth-order valence-electron chi connectivity index (χ4n) is 2.24. The van der Waals surface area contributed by atoms with E-state index in [9.17, 15) is 9.59 Å². The Morgan fingerprint density at radius 2 is 1.83 bits per heavy atom. The van der Waals surface area contributed by atoms with E-state index in [4.69, 9.17) is 4.74 Å². The van der Waals surface area contributed by atoms with E-state index in [-0.39, 0.29) is 5.78 Å². The van der Waals surface area contributed by atoms with E-state index in [1.54, 1.807) is 27.7 Å². The Morgan fingerprint density at radius 1 is 1.28 bits per heavy atom. The third-order valence-corrected chi connectivity index (χ3v) is 3.18. The van der Waals surface area contributed by atoms with Gasteiger partial charge in [0, 0.05) is 6.42 Å². The van der Waals surface area contributed by atoms with Crippen LogP contribution in [0, 0.1) is 5.92 Å². The van der Waals surface area contributed by atoms with Crippen LogP contribution in [-0.2, 0) is 9.53 Å². The van der Waals surface area contributed by atoms with E-state index in [1.807, 2.05) is 0 Å². The quantitative estimate of drug-likeness (QED) is 0.840. The van der Waals surface area contributed by atoms with Crippen molar-refractivity contribution in [3.05, 3.63) is 0 Å². The van der Waals surface area contributed by atoms with Crippen LogP contribution in [0.15, 0.2) is 0 Å². The van der Waals surface area contributed by atoms with E-state index < -0.39 is 17.7 Å². The van der Waals surface area contributed by atoms with Crippen molar-refractivity contribution in [1.29, 1.82) is 0 Å². The highest BCUT2D eigenvalue weighted by Crippen LogP contribution is 2.27. The molecule has 1 atom stereocenters. The molecule has 1 aliphatic rings. The zero-order valence-corrected chi connectivity index (χ0v) is 11.9. The van der Waals surface area contributed by atoms with Gasteiger partial charge in [-0.25, -0.2) is 4.79 Å². The average molecular weight is 255 g/mol. The molecule has 0 saturated heterocycles. The molecule has 18 heavy (non-hydrogen) atoms. The Balaban J connectivity index is 2.32. The molecule has 0 spiro atoms. The molecule has 0 aliphatic heterocycles. The summed E-state index contributed by atoms with van der Waals surface area (Å²) in [6.07, 6.45) is 4.81.